The minimum Gasteiger partial charge on any atom is -0.357 e. The Hall–Kier alpha value is -2.21. The average molecular weight is 269 g/mol. The molecular weight excluding hydrogens is 258 g/mol. The quantitative estimate of drug-likeness (QED) is 0.582. The van der Waals surface area contributed by atoms with E-state index >= 15 is 0 Å². The van der Waals surface area contributed by atoms with Crippen molar-refractivity contribution in [2.24, 2.45) is 0 Å². The fraction of sp³-hybridized carbons (Fsp3) is 0.0769. The summed E-state index contributed by atoms with van der Waals surface area (Å²) in [5.41, 5.74) is 0.903. The molecule has 1 N–H and O–H groups in total. The lowest BCUT2D eigenvalue weighted by atomic mass is 10.2. The number of rotatable bonds is 3. The summed E-state index contributed by atoms with van der Waals surface area (Å²) < 4.78 is 0. The lowest BCUT2D eigenvalue weighted by Gasteiger charge is -2.06. The molecule has 0 aliphatic heterocycles. The van der Waals surface area contributed by atoms with Gasteiger partial charge < -0.3 is 5.32 Å². The van der Waals surface area contributed by atoms with Crippen molar-refractivity contribution in [1.82, 2.24) is 19.9 Å². The van der Waals surface area contributed by atoms with Crippen LogP contribution in [0.5, 0.6) is 0 Å². The molecule has 0 saturated heterocycles. The van der Waals surface area contributed by atoms with Gasteiger partial charge in [-0.05, 0) is 23.9 Å². The van der Waals surface area contributed by atoms with Gasteiger partial charge in [0.25, 0.3) is 0 Å². The van der Waals surface area contributed by atoms with E-state index in [9.17, 15) is 0 Å². The van der Waals surface area contributed by atoms with Gasteiger partial charge in [-0.2, -0.15) is 0 Å². The van der Waals surface area contributed by atoms with Crippen LogP contribution in [0.1, 0.15) is 0 Å². The van der Waals surface area contributed by atoms with E-state index in [1.807, 2.05) is 24.3 Å². The molecule has 0 fully saturated rings. The number of hydrogen-bond donors (Lipinski definition) is 1. The zero-order chi connectivity index (χ0) is 13.1. The summed E-state index contributed by atoms with van der Waals surface area (Å²) in [6, 6.07) is 9.69. The molecule has 94 valence electrons. The van der Waals surface area contributed by atoms with E-state index in [2.05, 4.69) is 25.3 Å². The molecule has 2 heterocycles. The van der Waals surface area contributed by atoms with E-state index in [0.717, 1.165) is 15.9 Å². The minimum atomic E-state index is 0.595. The SMILES string of the molecule is CNc1nc(Sc2ncccn2)c2ccccc2n1. The molecule has 0 radical (unpaired) electrons. The fourth-order valence-corrected chi connectivity index (χ4v) is 2.48. The second-order valence-electron chi connectivity index (χ2n) is 3.75. The van der Waals surface area contributed by atoms with Crippen molar-refractivity contribution < 1.29 is 0 Å². The predicted molar refractivity (Wildman–Crippen MR) is 75.2 cm³/mol. The normalized spacial score (nSPS) is 10.6. The highest BCUT2D eigenvalue weighted by Gasteiger charge is 2.09. The van der Waals surface area contributed by atoms with Gasteiger partial charge in [0.1, 0.15) is 5.03 Å². The third-order valence-electron chi connectivity index (χ3n) is 2.52. The van der Waals surface area contributed by atoms with Gasteiger partial charge in [-0.25, -0.2) is 19.9 Å². The van der Waals surface area contributed by atoms with Gasteiger partial charge in [-0.15, -0.1) is 0 Å². The lowest BCUT2D eigenvalue weighted by molar-refractivity contribution is 0.961. The van der Waals surface area contributed by atoms with Crippen LogP contribution >= 0.6 is 11.8 Å². The molecule has 6 heteroatoms. The second-order valence-corrected chi connectivity index (χ2v) is 4.71. The molecule has 0 atom stereocenters. The van der Waals surface area contributed by atoms with Crippen LogP contribution in [0.4, 0.5) is 5.95 Å². The van der Waals surface area contributed by atoms with Gasteiger partial charge in [0.2, 0.25) is 5.95 Å². The van der Waals surface area contributed by atoms with Gasteiger partial charge in [0.15, 0.2) is 5.16 Å². The van der Waals surface area contributed by atoms with E-state index in [0.29, 0.717) is 11.1 Å². The number of benzene rings is 1. The molecule has 1 aromatic carbocycles. The second kappa shape index (κ2) is 5.19. The Morgan fingerprint density at radius 1 is 1.00 bits per heavy atom. The monoisotopic (exact) mass is 269 g/mol. The zero-order valence-electron chi connectivity index (χ0n) is 10.2. The molecule has 0 bridgehead atoms. The van der Waals surface area contributed by atoms with Crippen molar-refractivity contribution in [3.8, 4) is 0 Å². The Balaban J connectivity index is 2.11. The number of hydrogen-bond acceptors (Lipinski definition) is 6. The lowest BCUT2D eigenvalue weighted by Crippen LogP contribution is -1.98. The maximum absolute atomic E-state index is 4.48. The number of nitrogens with zero attached hydrogens (tertiary/aromatic N) is 4. The minimum absolute atomic E-state index is 0.595. The van der Waals surface area contributed by atoms with E-state index in [1.165, 1.54) is 11.8 Å². The van der Waals surface area contributed by atoms with Crippen molar-refractivity contribution in [3.63, 3.8) is 0 Å². The van der Waals surface area contributed by atoms with Crippen molar-refractivity contribution in [1.29, 1.82) is 0 Å². The first-order chi connectivity index (χ1) is 9.36. The molecule has 0 aliphatic carbocycles. The molecule has 3 rings (SSSR count). The van der Waals surface area contributed by atoms with Crippen molar-refractivity contribution in [2.45, 2.75) is 10.2 Å². The van der Waals surface area contributed by atoms with Crippen LogP contribution in [0.2, 0.25) is 0 Å². The van der Waals surface area contributed by atoms with Crippen LogP contribution < -0.4 is 5.32 Å². The van der Waals surface area contributed by atoms with Crippen molar-refractivity contribution in [3.05, 3.63) is 42.7 Å². The highest BCUT2D eigenvalue weighted by molar-refractivity contribution is 7.99. The van der Waals surface area contributed by atoms with Gasteiger partial charge in [0.05, 0.1) is 5.52 Å². The molecule has 2 aromatic heterocycles. The van der Waals surface area contributed by atoms with E-state index in [4.69, 9.17) is 0 Å². The highest BCUT2D eigenvalue weighted by Crippen LogP contribution is 2.29. The first-order valence-electron chi connectivity index (χ1n) is 5.76. The molecule has 0 saturated carbocycles. The Bertz CT molecular complexity index is 702. The smallest absolute Gasteiger partial charge is 0.224 e. The first-order valence-corrected chi connectivity index (χ1v) is 6.58. The molecule has 0 amide bonds. The summed E-state index contributed by atoms with van der Waals surface area (Å²) in [7, 11) is 1.80. The molecular formula is C13H11N5S. The number of aromatic nitrogens is 4. The van der Waals surface area contributed by atoms with Crippen LogP contribution in [-0.4, -0.2) is 27.0 Å². The molecule has 3 aromatic rings. The highest BCUT2D eigenvalue weighted by atomic mass is 32.2. The summed E-state index contributed by atoms with van der Waals surface area (Å²) in [6.45, 7) is 0. The Morgan fingerprint density at radius 3 is 2.58 bits per heavy atom. The fourth-order valence-electron chi connectivity index (χ4n) is 1.66. The maximum atomic E-state index is 4.48. The Labute approximate surface area is 114 Å². The van der Waals surface area contributed by atoms with E-state index in [1.54, 1.807) is 25.5 Å². The van der Waals surface area contributed by atoms with Crippen molar-refractivity contribution in [2.75, 3.05) is 12.4 Å². The summed E-state index contributed by atoms with van der Waals surface area (Å²) in [5, 5.41) is 5.49. The van der Waals surface area contributed by atoms with Gasteiger partial charge in [-0.1, -0.05) is 18.2 Å². The average Bonchev–Trinajstić information content (AvgIpc) is 2.48. The van der Waals surface area contributed by atoms with E-state index < -0.39 is 0 Å². The Kier molecular flexibility index (Phi) is 3.24. The number of anilines is 1. The summed E-state index contributed by atoms with van der Waals surface area (Å²) >= 11 is 1.43. The van der Waals surface area contributed by atoms with Crippen LogP contribution in [0.3, 0.4) is 0 Å². The summed E-state index contributed by atoms with van der Waals surface area (Å²) in [4.78, 5) is 17.3. The Morgan fingerprint density at radius 2 is 1.79 bits per heavy atom. The summed E-state index contributed by atoms with van der Waals surface area (Å²) in [5.74, 6) is 0.595. The van der Waals surface area contributed by atoms with Gasteiger partial charge >= 0.3 is 0 Å². The van der Waals surface area contributed by atoms with Crippen molar-refractivity contribution >= 4 is 28.6 Å². The van der Waals surface area contributed by atoms with Crippen LogP contribution in [0.25, 0.3) is 10.9 Å². The van der Waals surface area contributed by atoms with Gasteiger partial charge in [-0.3, -0.25) is 0 Å². The number of nitrogens with one attached hydrogen (secondary N) is 1. The topological polar surface area (TPSA) is 63.6 Å². The van der Waals surface area contributed by atoms with Crippen LogP contribution in [-0.2, 0) is 0 Å². The van der Waals surface area contributed by atoms with Crippen LogP contribution in [0.15, 0.2) is 52.9 Å². The predicted octanol–water partition coefficient (Wildman–Crippen LogP) is 2.61. The molecule has 0 unspecified atom stereocenters. The molecule has 0 aliphatic rings. The molecule has 19 heavy (non-hydrogen) atoms. The first kappa shape index (κ1) is 11.9. The van der Waals surface area contributed by atoms with Gasteiger partial charge in [0, 0.05) is 24.8 Å². The largest absolute Gasteiger partial charge is 0.357 e. The van der Waals surface area contributed by atoms with E-state index in [-0.39, 0.29) is 0 Å². The van der Waals surface area contributed by atoms with Crippen LogP contribution in [0, 0.1) is 0 Å². The zero-order valence-corrected chi connectivity index (χ0v) is 11.1. The molecule has 0 spiro atoms. The maximum Gasteiger partial charge on any atom is 0.224 e. The third-order valence-corrected chi connectivity index (χ3v) is 3.42. The summed E-state index contributed by atoms with van der Waals surface area (Å²) in [6.07, 6.45) is 3.44. The number of fused-ring (bicyclic) bond motifs is 1. The standard InChI is InChI=1S/C13H11N5S/c1-14-12-17-10-6-3-2-5-9(10)11(18-12)19-13-15-7-4-8-16-13/h2-8H,1H3,(H,14,17,18). The third kappa shape index (κ3) is 2.48. The molecule has 5 nitrogen and oxygen atoms in total. The number of para-hydroxylation sites is 1.